The van der Waals surface area contributed by atoms with Crippen LogP contribution in [0.5, 0.6) is 0 Å². The van der Waals surface area contributed by atoms with E-state index in [4.69, 9.17) is 4.98 Å². The first-order chi connectivity index (χ1) is 19.9. The van der Waals surface area contributed by atoms with Crippen molar-refractivity contribution in [2.75, 3.05) is 0 Å². The number of aryl methyl sites for hydroxylation is 2. The Balaban J connectivity index is 1.50. The van der Waals surface area contributed by atoms with E-state index in [2.05, 4.69) is 32.3 Å². The quantitative estimate of drug-likeness (QED) is 0.332. The number of aromatic nitrogens is 7. The second-order valence-electron chi connectivity index (χ2n) is 9.58. The van der Waals surface area contributed by atoms with Gasteiger partial charge in [0.15, 0.2) is 5.65 Å². The van der Waals surface area contributed by atoms with Gasteiger partial charge < -0.3 is 5.32 Å². The Labute approximate surface area is 235 Å². The number of carbonyl (C=O) groups is 1. The third-order valence-electron chi connectivity index (χ3n) is 6.81. The van der Waals surface area contributed by atoms with Gasteiger partial charge in [-0.25, -0.2) is 14.5 Å². The van der Waals surface area contributed by atoms with Crippen molar-refractivity contribution in [2.45, 2.75) is 26.3 Å². The normalized spacial score (nSPS) is 11.8. The number of carbonyl (C=O) groups excluding carboxylic acids is 1. The number of para-hydroxylation sites is 1. The summed E-state index contributed by atoms with van der Waals surface area (Å²) < 4.78 is 4.81. The fourth-order valence-corrected chi connectivity index (χ4v) is 4.88. The lowest BCUT2D eigenvalue weighted by molar-refractivity contribution is 0.0934. The van der Waals surface area contributed by atoms with Crippen LogP contribution in [0.1, 0.15) is 52.4 Å². The van der Waals surface area contributed by atoms with Gasteiger partial charge >= 0.3 is 0 Å². The second-order valence-corrected chi connectivity index (χ2v) is 9.58. The lowest BCUT2D eigenvalue weighted by atomic mass is 10.1. The minimum Gasteiger partial charge on any atom is -0.342 e. The number of nitrogens with one attached hydrogen (secondary N) is 1. The molecule has 10 nitrogen and oxygen atoms in total. The molecule has 0 fully saturated rings. The Morgan fingerprint density at radius 3 is 2.66 bits per heavy atom. The number of fused-ring (bicyclic) bond motifs is 2. The molecule has 0 aliphatic rings. The van der Waals surface area contributed by atoms with Crippen LogP contribution in [0.25, 0.3) is 22.2 Å². The van der Waals surface area contributed by atoms with Crippen molar-refractivity contribution in [1.29, 1.82) is 0 Å². The molecule has 0 radical (unpaired) electrons. The maximum Gasteiger partial charge on any atom is 0.267 e. The number of nitrogens with zero attached hydrogens (tertiary/aromatic N) is 7. The summed E-state index contributed by atoms with van der Waals surface area (Å²) in [6.07, 6.45) is 7.34. The van der Waals surface area contributed by atoms with E-state index in [0.29, 0.717) is 51.3 Å². The molecule has 0 aliphatic carbocycles. The van der Waals surface area contributed by atoms with Crippen LogP contribution >= 0.6 is 0 Å². The maximum atomic E-state index is 14.3. The standard InChI is InChI=1S/C31H26N8O2/c1-4-24(35-30(40)26-20(2)36-38-17-9-16-32-29(26)38)28-34-25-13-8-10-22(15-14-21-18-33-37(3)19-21)27(25)31(41)39(28)23-11-6-5-7-12-23/h5-13,16-19,24H,4H2,1-3H3,(H,35,40)/t24-/m0/s1. The first-order valence-corrected chi connectivity index (χ1v) is 13.2. The summed E-state index contributed by atoms with van der Waals surface area (Å²) in [6.45, 7) is 3.71. The maximum absolute atomic E-state index is 14.3. The van der Waals surface area contributed by atoms with Gasteiger partial charge in [-0.1, -0.05) is 43.0 Å². The van der Waals surface area contributed by atoms with Crippen molar-refractivity contribution in [2.24, 2.45) is 7.05 Å². The summed E-state index contributed by atoms with van der Waals surface area (Å²) in [6, 6.07) is 15.9. The molecule has 1 N–H and O–H groups in total. The molecule has 0 saturated carbocycles. The predicted octanol–water partition coefficient (Wildman–Crippen LogP) is 3.75. The molecule has 0 bridgehead atoms. The van der Waals surface area contributed by atoms with Crippen LogP contribution in [-0.4, -0.2) is 39.8 Å². The highest BCUT2D eigenvalue weighted by Gasteiger charge is 2.26. The Bertz CT molecular complexity index is 2040. The molecule has 0 unspecified atom stereocenters. The molecule has 1 amide bonds. The van der Waals surface area contributed by atoms with Crippen LogP contribution in [0.2, 0.25) is 0 Å². The van der Waals surface area contributed by atoms with Crippen molar-refractivity contribution >= 4 is 22.5 Å². The highest BCUT2D eigenvalue weighted by atomic mass is 16.2. The van der Waals surface area contributed by atoms with Crippen molar-refractivity contribution in [3.05, 3.63) is 118 Å². The first-order valence-electron chi connectivity index (χ1n) is 13.2. The molecule has 4 aromatic heterocycles. The lowest BCUT2D eigenvalue weighted by Gasteiger charge is -2.22. The van der Waals surface area contributed by atoms with E-state index in [1.807, 2.05) is 62.6 Å². The minimum absolute atomic E-state index is 0.270. The van der Waals surface area contributed by atoms with Crippen LogP contribution in [0.4, 0.5) is 0 Å². The van der Waals surface area contributed by atoms with Gasteiger partial charge in [0.05, 0.1) is 40.1 Å². The van der Waals surface area contributed by atoms with E-state index in [-0.39, 0.29) is 11.5 Å². The van der Waals surface area contributed by atoms with E-state index in [1.54, 1.807) is 51.4 Å². The third kappa shape index (κ3) is 4.74. The second kappa shape index (κ2) is 10.5. The first kappa shape index (κ1) is 25.7. The summed E-state index contributed by atoms with van der Waals surface area (Å²) in [5.41, 5.74) is 3.56. The zero-order valence-corrected chi connectivity index (χ0v) is 22.7. The molecule has 10 heteroatoms. The van der Waals surface area contributed by atoms with E-state index in [9.17, 15) is 9.59 Å². The smallest absolute Gasteiger partial charge is 0.267 e. The molecule has 0 spiro atoms. The van der Waals surface area contributed by atoms with E-state index in [0.717, 1.165) is 5.56 Å². The van der Waals surface area contributed by atoms with Crippen molar-refractivity contribution in [3.8, 4) is 17.5 Å². The van der Waals surface area contributed by atoms with Crippen molar-refractivity contribution in [3.63, 3.8) is 0 Å². The molecule has 41 heavy (non-hydrogen) atoms. The monoisotopic (exact) mass is 542 g/mol. The number of rotatable bonds is 5. The minimum atomic E-state index is -0.581. The number of hydrogen-bond donors (Lipinski definition) is 1. The Morgan fingerprint density at radius 2 is 1.90 bits per heavy atom. The largest absolute Gasteiger partial charge is 0.342 e. The van der Waals surface area contributed by atoms with Gasteiger partial charge in [0.25, 0.3) is 11.5 Å². The zero-order valence-electron chi connectivity index (χ0n) is 22.7. The van der Waals surface area contributed by atoms with Gasteiger partial charge in [0, 0.05) is 31.2 Å². The number of hydrogen-bond acceptors (Lipinski definition) is 6. The van der Waals surface area contributed by atoms with E-state index >= 15 is 0 Å². The molecule has 6 aromatic rings. The third-order valence-corrected chi connectivity index (χ3v) is 6.81. The SMILES string of the molecule is CC[C@H](NC(=O)c1c(C)nn2cccnc12)c1nc2cccc(C#Cc3cnn(C)c3)c2c(=O)n1-c1ccccc1. The lowest BCUT2D eigenvalue weighted by Crippen LogP contribution is -2.34. The predicted molar refractivity (Wildman–Crippen MR) is 155 cm³/mol. The zero-order chi connectivity index (χ0) is 28.5. The summed E-state index contributed by atoms with van der Waals surface area (Å²) in [5, 5.41) is 12.1. The van der Waals surface area contributed by atoms with Crippen LogP contribution in [0, 0.1) is 18.8 Å². The Kier molecular flexibility index (Phi) is 6.61. The van der Waals surface area contributed by atoms with Crippen LogP contribution < -0.4 is 10.9 Å². The summed E-state index contributed by atoms with van der Waals surface area (Å²) in [7, 11) is 1.82. The van der Waals surface area contributed by atoms with Gasteiger partial charge in [0.1, 0.15) is 11.4 Å². The summed E-state index contributed by atoms with van der Waals surface area (Å²) >= 11 is 0. The summed E-state index contributed by atoms with van der Waals surface area (Å²) in [5.74, 6) is 6.30. The van der Waals surface area contributed by atoms with Crippen molar-refractivity contribution in [1.82, 2.24) is 39.2 Å². The Hall–Kier alpha value is -5.56. The van der Waals surface area contributed by atoms with Gasteiger partial charge in [-0.15, -0.1) is 0 Å². The van der Waals surface area contributed by atoms with Crippen LogP contribution in [-0.2, 0) is 7.05 Å². The Morgan fingerprint density at radius 1 is 1.07 bits per heavy atom. The van der Waals surface area contributed by atoms with Gasteiger partial charge in [0.2, 0.25) is 0 Å². The molecule has 202 valence electrons. The summed E-state index contributed by atoms with van der Waals surface area (Å²) in [4.78, 5) is 37.2. The molecule has 0 aliphatic heterocycles. The fourth-order valence-electron chi connectivity index (χ4n) is 4.88. The molecule has 2 aromatic carbocycles. The molecule has 4 heterocycles. The van der Waals surface area contributed by atoms with Gasteiger partial charge in [-0.05, 0) is 43.7 Å². The topological polar surface area (TPSA) is 112 Å². The number of benzene rings is 2. The van der Waals surface area contributed by atoms with Gasteiger partial charge in [-0.3, -0.25) is 18.8 Å². The fraction of sp³-hybridized carbons (Fsp3) is 0.161. The van der Waals surface area contributed by atoms with E-state index in [1.165, 1.54) is 0 Å². The van der Waals surface area contributed by atoms with E-state index < -0.39 is 6.04 Å². The average molecular weight is 543 g/mol. The van der Waals surface area contributed by atoms with Gasteiger partial charge in [-0.2, -0.15) is 10.2 Å². The van der Waals surface area contributed by atoms with Crippen LogP contribution in [0.15, 0.2) is 84.2 Å². The molecule has 6 rings (SSSR count). The van der Waals surface area contributed by atoms with Crippen molar-refractivity contribution < 1.29 is 4.79 Å². The van der Waals surface area contributed by atoms with Crippen LogP contribution in [0.3, 0.4) is 0 Å². The molecule has 1 atom stereocenters. The highest BCUT2D eigenvalue weighted by Crippen LogP contribution is 2.23. The average Bonchev–Trinajstić information content (AvgIpc) is 3.56. The molecule has 0 saturated heterocycles. The molecular weight excluding hydrogens is 516 g/mol. The highest BCUT2D eigenvalue weighted by molar-refractivity contribution is 6.01. The number of amides is 1. The molecular formula is C31H26N8O2.